The van der Waals surface area contributed by atoms with Crippen LogP contribution in [0.4, 0.5) is 13.2 Å². The van der Waals surface area contributed by atoms with Crippen molar-refractivity contribution >= 4 is 10.0 Å². The van der Waals surface area contributed by atoms with Crippen LogP contribution in [0, 0.1) is 17.5 Å². The highest BCUT2D eigenvalue weighted by Gasteiger charge is 2.36. The van der Waals surface area contributed by atoms with Crippen molar-refractivity contribution in [3.05, 3.63) is 29.6 Å². The summed E-state index contributed by atoms with van der Waals surface area (Å²) in [4.78, 5) is -1.11. The smallest absolute Gasteiger partial charge is 0.249 e. The van der Waals surface area contributed by atoms with E-state index in [-0.39, 0.29) is 13.1 Å². The molecule has 2 rings (SSSR count). The molecule has 1 unspecified atom stereocenters. The molecular formula is C12H15F3N2O2S. The van der Waals surface area contributed by atoms with Crippen LogP contribution in [0.5, 0.6) is 0 Å². The van der Waals surface area contributed by atoms with Gasteiger partial charge in [0.1, 0.15) is 17.5 Å². The Bertz CT molecular complexity index is 584. The van der Waals surface area contributed by atoms with Gasteiger partial charge in [-0.2, -0.15) is 4.31 Å². The molecular weight excluding hydrogens is 293 g/mol. The van der Waals surface area contributed by atoms with Gasteiger partial charge in [0.05, 0.1) is 0 Å². The molecule has 1 aliphatic rings. The maximum atomic E-state index is 13.7. The number of benzene rings is 1. The third kappa shape index (κ3) is 2.68. The van der Waals surface area contributed by atoms with Crippen LogP contribution in [-0.2, 0) is 10.0 Å². The minimum absolute atomic E-state index is 0.0731. The summed E-state index contributed by atoms with van der Waals surface area (Å²) >= 11 is 0. The Morgan fingerprint density at radius 1 is 1.20 bits per heavy atom. The van der Waals surface area contributed by atoms with E-state index in [1.807, 2.05) is 0 Å². The van der Waals surface area contributed by atoms with E-state index < -0.39 is 38.4 Å². The Kier molecular flexibility index (Phi) is 4.36. The number of halogens is 3. The topological polar surface area (TPSA) is 63.4 Å². The van der Waals surface area contributed by atoms with Gasteiger partial charge in [-0.1, -0.05) is 6.42 Å². The zero-order chi connectivity index (χ0) is 14.9. The molecule has 8 heteroatoms. The number of hydrogen-bond donors (Lipinski definition) is 1. The van der Waals surface area contributed by atoms with Crippen LogP contribution in [0.1, 0.15) is 19.3 Å². The van der Waals surface area contributed by atoms with Crippen LogP contribution < -0.4 is 5.73 Å². The molecule has 1 fully saturated rings. The van der Waals surface area contributed by atoms with E-state index in [9.17, 15) is 21.6 Å². The highest BCUT2D eigenvalue weighted by atomic mass is 32.2. The first kappa shape index (κ1) is 15.3. The standard InChI is InChI=1S/C12H15F3N2O2S/c13-8-5-10(14)12(11(15)6-8)20(18,19)17-4-2-1-3-9(17)7-16/h5-6,9H,1-4,7,16H2. The number of rotatable bonds is 3. The summed E-state index contributed by atoms with van der Waals surface area (Å²) in [5, 5.41) is 0. The van der Waals surface area contributed by atoms with Crippen LogP contribution in [-0.4, -0.2) is 31.9 Å². The van der Waals surface area contributed by atoms with E-state index in [1.165, 1.54) is 0 Å². The molecule has 2 N–H and O–H groups in total. The quantitative estimate of drug-likeness (QED) is 0.922. The molecule has 0 spiro atoms. The lowest BCUT2D eigenvalue weighted by Gasteiger charge is -2.33. The predicted molar refractivity (Wildman–Crippen MR) is 66.9 cm³/mol. The second-order valence-corrected chi connectivity index (χ2v) is 6.53. The summed E-state index contributed by atoms with van der Waals surface area (Å²) in [5.41, 5.74) is 5.52. The molecule has 0 aromatic heterocycles. The maximum Gasteiger partial charge on any atom is 0.249 e. The highest BCUT2D eigenvalue weighted by Crippen LogP contribution is 2.28. The number of nitrogens with zero attached hydrogens (tertiary/aromatic N) is 1. The summed E-state index contributed by atoms with van der Waals surface area (Å²) in [5.74, 6) is -4.01. The second kappa shape index (κ2) is 5.71. The van der Waals surface area contributed by atoms with Crippen LogP contribution in [0.2, 0.25) is 0 Å². The van der Waals surface area contributed by atoms with Crippen LogP contribution in [0.15, 0.2) is 17.0 Å². The average molecular weight is 308 g/mol. The van der Waals surface area contributed by atoms with Crippen molar-refractivity contribution in [3.63, 3.8) is 0 Å². The van der Waals surface area contributed by atoms with Crippen molar-refractivity contribution in [1.29, 1.82) is 0 Å². The first-order chi connectivity index (χ1) is 9.37. The molecule has 112 valence electrons. The third-order valence-corrected chi connectivity index (χ3v) is 5.38. The Morgan fingerprint density at radius 3 is 2.35 bits per heavy atom. The molecule has 1 aliphatic heterocycles. The monoisotopic (exact) mass is 308 g/mol. The van der Waals surface area contributed by atoms with Crippen molar-refractivity contribution in [2.45, 2.75) is 30.2 Å². The van der Waals surface area contributed by atoms with Crippen molar-refractivity contribution in [3.8, 4) is 0 Å². The number of sulfonamides is 1. The summed E-state index contributed by atoms with van der Waals surface area (Å²) in [6.07, 6.45) is 1.95. The van der Waals surface area contributed by atoms with Gasteiger partial charge in [0.15, 0.2) is 4.90 Å². The fraction of sp³-hybridized carbons (Fsp3) is 0.500. The molecule has 1 heterocycles. The Labute approximate surface area is 115 Å². The van der Waals surface area contributed by atoms with E-state index in [4.69, 9.17) is 5.73 Å². The van der Waals surface area contributed by atoms with E-state index in [2.05, 4.69) is 0 Å². The zero-order valence-electron chi connectivity index (χ0n) is 10.7. The minimum Gasteiger partial charge on any atom is -0.329 e. The lowest BCUT2D eigenvalue weighted by atomic mass is 10.1. The van der Waals surface area contributed by atoms with Gasteiger partial charge in [-0.25, -0.2) is 21.6 Å². The van der Waals surface area contributed by atoms with Crippen LogP contribution >= 0.6 is 0 Å². The van der Waals surface area contributed by atoms with E-state index in [0.717, 1.165) is 10.7 Å². The van der Waals surface area contributed by atoms with Gasteiger partial charge in [0.25, 0.3) is 0 Å². The fourth-order valence-electron chi connectivity index (χ4n) is 2.42. The SMILES string of the molecule is NCC1CCCCN1S(=O)(=O)c1c(F)cc(F)cc1F. The van der Waals surface area contributed by atoms with Crippen molar-refractivity contribution < 1.29 is 21.6 Å². The molecule has 1 aromatic carbocycles. The van der Waals surface area contributed by atoms with E-state index >= 15 is 0 Å². The van der Waals surface area contributed by atoms with Gasteiger partial charge >= 0.3 is 0 Å². The Balaban J connectivity index is 2.49. The van der Waals surface area contributed by atoms with Crippen LogP contribution in [0.25, 0.3) is 0 Å². The van der Waals surface area contributed by atoms with E-state index in [0.29, 0.717) is 25.0 Å². The second-order valence-electron chi connectivity index (χ2n) is 4.70. The summed E-state index contributed by atoms with van der Waals surface area (Å²) in [7, 11) is -4.36. The van der Waals surface area contributed by atoms with Crippen molar-refractivity contribution in [2.24, 2.45) is 5.73 Å². The molecule has 1 atom stereocenters. The maximum absolute atomic E-state index is 13.7. The van der Waals surface area contributed by atoms with Gasteiger partial charge in [0.2, 0.25) is 10.0 Å². The molecule has 1 saturated heterocycles. The summed E-state index contributed by atoms with van der Waals surface area (Å²) in [6, 6.07) is 0.229. The Morgan fingerprint density at radius 2 is 1.80 bits per heavy atom. The zero-order valence-corrected chi connectivity index (χ0v) is 11.5. The molecule has 0 saturated carbocycles. The highest BCUT2D eigenvalue weighted by molar-refractivity contribution is 7.89. The molecule has 0 amide bonds. The van der Waals surface area contributed by atoms with Crippen molar-refractivity contribution in [1.82, 2.24) is 4.31 Å². The van der Waals surface area contributed by atoms with Crippen molar-refractivity contribution in [2.75, 3.05) is 13.1 Å². The molecule has 1 aromatic rings. The average Bonchev–Trinajstić information content (AvgIpc) is 2.37. The summed E-state index contributed by atoms with van der Waals surface area (Å²) in [6.45, 7) is 0.226. The number of hydrogen-bond acceptors (Lipinski definition) is 3. The molecule has 0 aliphatic carbocycles. The van der Waals surface area contributed by atoms with Gasteiger partial charge in [-0.15, -0.1) is 0 Å². The third-order valence-electron chi connectivity index (χ3n) is 3.37. The van der Waals surface area contributed by atoms with Gasteiger partial charge < -0.3 is 5.73 Å². The molecule has 4 nitrogen and oxygen atoms in total. The van der Waals surface area contributed by atoms with Gasteiger partial charge in [-0.05, 0) is 12.8 Å². The summed E-state index contributed by atoms with van der Waals surface area (Å²) < 4.78 is 66.0. The largest absolute Gasteiger partial charge is 0.329 e. The normalized spacial score (nSPS) is 21.1. The van der Waals surface area contributed by atoms with Crippen LogP contribution in [0.3, 0.4) is 0 Å². The van der Waals surface area contributed by atoms with Gasteiger partial charge in [-0.3, -0.25) is 0 Å². The molecule has 0 bridgehead atoms. The molecule has 0 radical (unpaired) electrons. The molecule has 20 heavy (non-hydrogen) atoms. The lowest BCUT2D eigenvalue weighted by Crippen LogP contribution is -2.47. The van der Waals surface area contributed by atoms with Gasteiger partial charge in [0, 0.05) is 31.3 Å². The predicted octanol–water partition coefficient (Wildman–Crippen LogP) is 1.61. The fourth-order valence-corrected chi connectivity index (χ4v) is 4.22. The first-order valence-electron chi connectivity index (χ1n) is 6.24. The first-order valence-corrected chi connectivity index (χ1v) is 7.68. The van der Waals surface area contributed by atoms with E-state index in [1.54, 1.807) is 0 Å². The minimum atomic E-state index is -4.36. The number of nitrogens with two attached hydrogens (primary N) is 1. The number of piperidine rings is 1. The Hall–Kier alpha value is -1.12. The lowest BCUT2D eigenvalue weighted by molar-refractivity contribution is 0.255.